The molecule has 0 bridgehead atoms. The van der Waals surface area contributed by atoms with Gasteiger partial charge in [-0.2, -0.15) is 0 Å². The van der Waals surface area contributed by atoms with Gasteiger partial charge in [0.25, 0.3) is 5.91 Å². The molecule has 6 nitrogen and oxygen atoms in total. The number of nitrogens with zero attached hydrogens (tertiary/aromatic N) is 1. The molecule has 156 valence electrons. The molecule has 0 saturated carbocycles. The predicted molar refractivity (Wildman–Crippen MR) is 118 cm³/mol. The van der Waals surface area contributed by atoms with Gasteiger partial charge in [0, 0.05) is 13.6 Å². The van der Waals surface area contributed by atoms with Crippen LogP contribution in [-0.4, -0.2) is 44.7 Å². The quantitative estimate of drug-likeness (QED) is 0.476. The fourth-order valence-corrected chi connectivity index (χ4v) is 3.47. The van der Waals surface area contributed by atoms with Crippen LogP contribution in [0, 0.1) is 0 Å². The van der Waals surface area contributed by atoms with Crippen molar-refractivity contribution < 1.29 is 23.8 Å². The number of ether oxygens (including phenoxy) is 3. The lowest BCUT2D eigenvalue weighted by molar-refractivity contribution is -0.132. The first-order valence-electron chi connectivity index (χ1n) is 9.22. The Morgan fingerprint density at radius 3 is 2.40 bits per heavy atom. The average molecular weight is 472 g/mol. The number of benzene rings is 3. The minimum atomic E-state index is -0.438. The van der Waals surface area contributed by atoms with Crippen molar-refractivity contribution in [2.24, 2.45) is 0 Å². The normalized spacial score (nSPS) is 10.5. The molecule has 7 heteroatoms. The number of likely N-dealkylation sites (N-methyl/N-ethyl adjacent to an activating group) is 1. The van der Waals surface area contributed by atoms with Crippen molar-refractivity contribution in [1.82, 2.24) is 4.90 Å². The largest absolute Gasteiger partial charge is 0.497 e. The van der Waals surface area contributed by atoms with Crippen molar-refractivity contribution in [2.45, 2.75) is 6.54 Å². The van der Waals surface area contributed by atoms with Crippen molar-refractivity contribution in [3.8, 4) is 11.5 Å². The lowest BCUT2D eigenvalue weighted by Gasteiger charge is -2.18. The molecule has 0 spiro atoms. The molecular formula is C23H22BrNO5. The van der Waals surface area contributed by atoms with Crippen LogP contribution in [0.2, 0.25) is 0 Å². The van der Waals surface area contributed by atoms with E-state index in [1.165, 1.54) is 7.11 Å². The summed E-state index contributed by atoms with van der Waals surface area (Å²) in [6.45, 7) is 0.351. The first-order chi connectivity index (χ1) is 14.4. The number of methoxy groups -OCH3 is 2. The van der Waals surface area contributed by atoms with Crippen LogP contribution in [0.15, 0.2) is 59.1 Å². The highest BCUT2D eigenvalue weighted by Gasteiger charge is 2.13. The highest BCUT2D eigenvalue weighted by molar-refractivity contribution is 9.10. The number of carbonyl (C=O) groups is 2. The summed E-state index contributed by atoms with van der Waals surface area (Å²) >= 11 is 3.35. The lowest BCUT2D eigenvalue weighted by atomic mass is 10.1. The Labute approximate surface area is 183 Å². The second kappa shape index (κ2) is 9.63. The average Bonchev–Trinajstić information content (AvgIpc) is 2.76. The summed E-state index contributed by atoms with van der Waals surface area (Å²) in [5.41, 5.74) is 1.42. The van der Waals surface area contributed by atoms with Crippen molar-refractivity contribution >= 4 is 38.6 Å². The number of halogens is 1. The molecule has 0 aliphatic rings. The number of amides is 1. The third-order valence-corrected chi connectivity index (χ3v) is 5.28. The van der Waals surface area contributed by atoms with E-state index in [4.69, 9.17) is 9.47 Å². The highest BCUT2D eigenvalue weighted by Crippen LogP contribution is 2.26. The number of hydrogen-bond acceptors (Lipinski definition) is 5. The Morgan fingerprint density at radius 1 is 0.967 bits per heavy atom. The molecule has 0 atom stereocenters. The van der Waals surface area contributed by atoms with E-state index in [0.717, 1.165) is 22.1 Å². The van der Waals surface area contributed by atoms with E-state index in [9.17, 15) is 9.59 Å². The Morgan fingerprint density at radius 2 is 1.70 bits per heavy atom. The fraction of sp³-hybridized carbons (Fsp3) is 0.217. The first-order valence-corrected chi connectivity index (χ1v) is 10.0. The summed E-state index contributed by atoms with van der Waals surface area (Å²) in [6, 6.07) is 16.8. The second-order valence-corrected chi connectivity index (χ2v) is 7.58. The summed E-state index contributed by atoms with van der Waals surface area (Å²) in [6.07, 6.45) is 0. The molecular weight excluding hydrogens is 450 g/mol. The molecule has 0 heterocycles. The van der Waals surface area contributed by atoms with E-state index >= 15 is 0 Å². The molecule has 0 aliphatic carbocycles. The maximum absolute atomic E-state index is 12.5. The van der Waals surface area contributed by atoms with Gasteiger partial charge in [-0.1, -0.05) is 18.2 Å². The molecule has 3 aromatic rings. The van der Waals surface area contributed by atoms with Gasteiger partial charge < -0.3 is 19.1 Å². The zero-order valence-electron chi connectivity index (χ0n) is 17.0. The van der Waals surface area contributed by atoms with Crippen LogP contribution in [0.3, 0.4) is 0 Å². The van der Waals surface area contributed by atoms with Gasteiger partial charge in [0.2, 0.25) is 0 Å². The zero-order chi connectivity index (χ0) is 21.7. The van der Waals surface area contributed by atoms with E-state index in [2.05, 4.69) is 26.7 Å². The topological polar surface area (TPSA) is 65.1 Å². The molecule has 3 rings (SSSR count). The number of rotatable bonds is 7. The van der Waals surface area contributed by atoms with Crippen molar-refractivity contribution in [3.05, 3.63) is 70.2 Å². The van der Waals surface area contributed by atoms with Crippen LogP contribution in [0.25, 0.3) is 10.8 Å². The minimum absolute atomic E-state index is 0.114. The molecule has 0 unspecified atom stereocenters. The van der Waals surface area contributed by atoms with E-state index in [-0.39, 0.29) is 12.5 Å². The smallest absolute Gasteiger partial charge is 0.337 e. The number of esters is 1. The molecule has 0 aliphatic heterocycles. The van der Waals surface area contributed by atoms with Gasteiger partial charge in [-0.25, -0.2) is 4.79 Å². The number of carbonyl (C=O) groups excluding carboxylic acids is 2. The van der Waals surface area contributed by atoms with E-state index in [1.807, 2.05) is 30.3 Å². The van der Waals surface area contributed by atoms with E-state index in [1.54, 1.807) is 37.3 Å². The second-order valence-electron chi connectivity index (χ2n) is 6.72. The SMILES string of the molecule is COC(=O)c1ccc(OCC(=O)N(C)Cc2ccc3cc(OC)ccc3c2)c(Br)c1. The zero-order valence-corrected chi connectivity index (χ0v) is 18.6. The van der Waals surface area contributed by atoms with Gasteiger partial charge in [0.1, 0.15) is 11.5 Å². The Kier molecular flexibility index (Phi) is 6.95. The van der Waals surface area contributed by atoms with Crippen molar-refractivity contribution in [3.63, 3.8) is 0 Å². The Bertz CT molecular complexity index is 1080. The third kappa shape index (κ3) is 5.10. The van der Waals surface area contributed by atoms with Gasteiger partial charge in [-0.3, -0.25) is 4.79 Å². The summed E-state index contributed by atoms with van der Waals surface area (Å²) in [5, 5.41) is 2.16. The summed E-state index contributed by atoms with van der Waals surface area (Å²) in [4.78, 5) is 25.7. The van der Waals surface area contributed by atoms with Crippen LogP contribution in [0.4, 0.5) is 0 Å². The molecule has 0 aromatic heterocycles. The van der Waals surface area contributed by atoms with E-state index in [0.29, 0.717) is 22.3 Å². The van der Waals surface area contributed by atoms with Crippen LogP contribution in [-0.2, 0) is 16.1 Å². The van der Waals surface area contributed by atoms with E-state index < -0.39 is 5.97 Å². The van der Waals surface area contributed by atoms with Crippen molar-refractivity contribution in [2.75, 3.05) is 27.9 Å². The van der Waals surface area contributed by atoms with Crippen LogP contribution in [0.5, 0.6) is 11.5 Å². The van der Waals surface area contributed by atoms with Gasteiger partial charge in [0.15, 0.2) is 6.61 Å². The highest BCUT2D eigenvalue weighted by atomic mass is 79.9. The van der Waals surface area contributed by atoms with Gasteiger partial charge in [-0.05, 0) is 68.7 Å². The maximum atomic E-state index is 12.5. The maximum Gasteiger partial charge on any atom is 0.337 e. The van der Waals surface area contributed by atoms with Crippen molar-refractivity contribution in [1.29, 1.82) is 0 Å². The third-order valence-electron chi connectivity index (χ3n) is 4.66. The monoisotopic (exact) mass is 471 g/mol. The fourth-order valence-electron chi connectivity index (χ4n) is 2.97. The van der Waals surface area contributed by atoms with Crippen LogP contribution in [0.1, 0.15) is 15.9 Å². The standard InChI is InChI=1S/C23H22BrNO5/c1-25(13-15-4-5-17-11-19(28-2)8-6-16(17)10-15)22(26)14-30-21-9-7-18(12-20(21)24)23(27)29-3/h4-12H,13-14H2,1-3H3. The number of fused-ring (bicyclic) bond motifs is 1. The van der Waals surface area contributed by atoms with Gasteiger partial charge in [-0.15, -0.1) is 0 Å². The summed E-state index contributed by atoms with van der Waals surface area (Å²) < 4.78 is 16.1. The summed E-state index contributed by atoms with van der Waals surface area (Å²) in [5.74, 6) is 0.690. The minimum Gasteiger partial charge on any atom is -0.497 e. The molecule has 0 saturated heterocycles. The molecule has 30 heavy (non-hydrogen) atoms. The molecule has 1 amide bonds. The predicted octanol–water partition coefficient (Wildman–Crippen LogP) is 4.43. The molecule has 0 fully saturated rings. The van der Waals surface area contributed by atoms with Crippen LogP contribution < -0.4 is 9.47 Å². The van der Waals surface area contributed by atoms with Crippen LogP contribution >= 0.6 is 15.9 Å². The molecule has 0 N–H and O–H groups in total. The summed E-state index contributed by atoms with van der Waals surface area (Å²) in [7, 11) is 4.70. The van der Waals surface area contributed by atoms with Gasteiger partial charge in [0.05, 0.1) is 24.3 Å². The molecule has 0 radical (unpaired) electrons. The number of hydrogen-bond donors (Lipinski definition) is 0. The lowest BCUT2D eigenvalue weighted by Crippen LogP contribution is -2.31. The Hall–Kier alpha value is -3.06. The first kappa shape index (κ1) is 21.6. The molecule has 3 aromatic carbocycles. The van der Waals surface area contributed by atoms with Gasteiger partial charge >= 0.3 is 5.97 Å². The Balaban J connectivity index is 1.61.